The lowest BCUT2D eigenvalue weighted by Crippen LogP contribution is -2.35. The lowest BCUT2D eigenvalue weighted by molar-refractivity contribution is -0.0450. The number of aliphatic hydroxyl groups excluding tert-OH is 1. The zero-order valence-electron chi connectivity index (χ0n) is 14.8. The molecule has 0 amide bonds. The third-order valence-electron chi connectivity index (χ3n) is 3.53. The van der Waals surface area contributed by atoms with Gasteiger partial charge in [-0.05, 0) is 0 Å². The summed E-state index contributed by atoms with van der Waals surface area (Å²) in [7, 11) is -16.8. The summed E-state index contributed by atoms with van der Waals surface area (Å²) in [6, 6.07) is 0. The number of phosphoric acid groups is 3. The number of hydrogen-bond acceptors (Lipinski definition) is 11. The van der Waals surface area contributed by atoms with Crippen LogP contribution < -0.4 is 11.2 Å². The van der Waals surface area contributed by atoms with Crippen LogP contribution in [0.25, 0.3) is 0 Å². The van der Waals surface area contributed by atoms with Crippen LogP contribution in [0.5, 0.6) is 0 Å². The number of carbonyl (C=O) groups is 1. The number of aliphatic hydroxyl groups is 1. The molecule has 176 valence electrons. The number of aromatic carboxylic acids is 1. The fourth-order valence-corrected chi connectivity index (χ4v) is 5.39. The molecule has 0 aliphatic carbocycles. The highest BCUT2D eigenvalue weighted by molar-refractivity contribution is 7.66. The van der Waals surface area contributed by atoms with Gasteiger partial charge in [-0.25, -0.2) is 23.3 Å². The van der Waals surface area contributed by atoms with Crippen molar-refractivity contribution in [1.29, 1.82) is 0 Å². The first-order valence-corrected chi connectivity index (χ1v) is 12.2. The second kappa shape index (κ2) is 9.15. The largest absolute Gasteiger partial charge is 0.490 e. The smallest absolute Gasteiger partial charge is 0.477 e. The average Bonchev–Trinajstić information content (AvgIpc) is 2.90. The standard InChI is InChI=1S/C10H15N2O16P3/c13-5-1-7(12-2-4(9(15)16)8(14)11-10(12)17)26-6(5)3-25-30(21,22)28-31(23,24)27-29(18,19)20/h2,5-7,13H,1,3H2,(H,15,16)(H,21,22)(H,23,24)(H,11,14,17)(H2,18,19,20)/t5?,6-,7-/m1/s1. The minimum absolute atomic E-state index is 0.366. The van der Waals surface area contributed by atoms with Gasteiger partial charge in [0.2, 0.25) is 0 Å². The molecule has 5 atom stereocenters. The summed E-state index contributed by atoms with van der Waals surface area (Å²) >= 11 is 0. The summed E-state index contributed by atoms with van der Waals surface area (Å²) in [5.74, 6) is -1.65. The van der Waals surface area contributed by atoms with Gasteiger partial charge in [0.15, 0.2) is 0 Å². The predicted molar refractivity (Wildman–Crippen MR) is 92.6 cm³/mol. The van der Waals surface area contributed by atoms with Crippen LogP contribution in [0.15, 0.2) is 15.8 Å². The monoisotopic (exact) mass is 512 g/mol. The predicted octanol–water partition coefficient (Wildman–Crippen LogP) is -1.77. The number of phosphoric ester groups is 1. The van der Waals surface area contributed by atoms with Crippen molar-refractivity contribution in [2.75, 3.05) is 6.61 Å². The molecule has 1 fully saturated rings. The van der Waals surface area contributed by atoms with Crippen LogP contribution in [-0.2, 0) is 31.6 Å². The molecule has 3 unspecified atom stereocenters. The fourth-order valence-electron chi connectivity index (χ4n) is 2.36. The van der Waals surface area contributed by atoms with Crippen molar-refractivity contribution in [2.24, 2.45) is 0 Å². The third-order valence-corrected chi connectivity index (χ3v) is 7.33. The molecule has 0 aromatic carbocycles. The molecule has 1 aliphatic rings. The van der Waals surface area contributed by atoms with Crippen LogP contribution in [0.2, 0.25) is 0 Å². The van der Waals surface area contributed by atoms with Gasteiger partial charge < -0.3 is 34.5 Å². The molecule has 1 aromatic heterocycles. The van der Waals surface area contributed by atoms with Crippen molar-refractivity contribution in [3.63, 3.8) is 0 Å². The Kier molecular flexibility index (Phi) is 7.60. The van der Waals surface area contributed by atoms with Gasteiger partial charge in [-0.3, -0.25) is 18.9 Å². The second-order valence-corrected chi connectivity index (χ2v) is 10.3. The molecular formula is C10H15N2O16P3. The molecule has 0 spiro atoms. The Labute approximate surface area is 170 Å². The molecular weight excluding hydrogens is 497 g/mol. The minimum atomic E-state index is -5.74. The molecule has 0 saturated carbocycles. The molecule has 1 aliphatic heterocycles. The van der Waals surface area contributed by atoms with Crippen LogP contribution in [0, 0.1) is 0 Å². The highest BCUT2D eigenvalue weighted by Gasteiger charge is 2.43. The highest BCUT2D eigenvalue weighted by Crippen LogP contribution is 2.66. The average molecular weight is 512 g/mol. The number of aromatic amines is 1. The maximum absolute atomic E-state index is 11.9. The summed E-state index contributed by atoms with van der Waals surface area (Å²) < 4.78 is 50.7. The summed E-state index contributed by atoms with van der Waals surface area (Å²) in [5, 5.41) is 18.9. The number of carboxylic acid groups (broad SMARTS) is 1. The van der Waals surface area contributed by atoms with Gasteiger partial charge >= 0.3 is 35.1 Å². The van der Waals surface area contributed by atoms with Gasteiger partial charge in [-0.15, -0.1) is 0 Å². The maximum Gasteiger partial charge on any atom is 0.490 e. The van der Waals surface area contributed by atoms with E-state index in [4.69, 9.17) is 24.5 Å². The molecule has 0 radical (unpaired) electrons. The Balaban J connectivity index is 2.08. The molecule has 0 bridgehead atoms. The number of nitrogens with one attached hydrogen (secondary N) is 1. The van der Waals surface area contributed by atoms with E-state index in [2.05, 4.69) is 13.1 Å². The number of hydrogen-bond donors (Lipinski definition) is 7. The molecule has 18 nitrogen and oxygen atoms in total. The summed E-state index contributed by atoms with van der Waals surface area (Å²) in [6.45, 7) is -0.995. The molecule has 2 heterocycles. The van der Waals surface area contributed by atoms with E-state index in [0.29, 0.717) is 10.8 Å². The fraction of sp³-hybridized carbons (Fsp3) is 0.500. The van der Waals surface area contributed by atoms with E-state index in [1.165, 1.54) is 0 Å². The van der Waals surface area contributed by atoms with Crippen LogP contribution in [0.1, 0.15) is 23.0 Å². The maximum atomic E-state index is 11.9. The lowest BCUT2D eigenvalue weighted by Gasteiger charge is -2.19. The zero-order valence-corrected chi connectivity index (χ0v) is 17.5. The SMILES string of the molecule is O=C(O)c1cn([C@H]2CC(O)[C@@H](COP(=O)(O)OP(=O)(O)OP(=O)(O)O)O2)c(=O)[nH]c1=O. The number of nitrogens with zero attached hydrogens (tertiary/aromatic N) is 1. The van der Waals surface area contributed by atoms with Crippen LogP contribution in [-0.4, -0.2) is 64.1 Å². The van der Waals surface area contributed by atoms with Gasteiger partial charge in [0, 0.05) is 12.6 Å². The van der Waals surface area contributed by atoms with E-state index in [0.717, 1.165) is 0 Å². The van der Waals surface area contributed by atoms with E-state index in [-0.39, 0.29) is 6.42 Å². The Morgan fingerprint density at radius 3 is 2.32 bits per heavy atom. The quantitative estimate of drug-likeness (QED) is 0.180. The minimum Gasteiger partial charge on any atom is -0.477 e. The van der Waals surface area contributed by atoms with Crippen molar-refractivity contribution in [3.8, 4) is 0 Å². The van der Waals surface area contributed by atoms with Crippen molar-refractivity contribution in [2.45, 2.75) is 24.9 Å². The molecule has 31 heavy (non-hydrogen) atoms. The first kappa shape index (κ1) is 25.7. The van der Waals surface area contributed by atoms with Crippen LogP contribution in [0.3, 0.4) is 0 Å². The second-order valence-electron chi connectivity index (χ2n) is 5.83. The van der Waals surface area contributed by atoms with E-state index >= 15 is 0 Å². The third kappa shape index (κ3) is 7.25. The van der Waals surface area contributed by atoms with E-state index in [1.807, 2.05) is 0 Å². The topological polar surface area (TPSA) is 281 Å². The lowest BCUT2D eigenvalue weighted by atomic mass is 10.2. The highest BCUT2D eigenvalue weighted by atomic mass is 31.3. The Morgan fingerprint density at radius 1 is 1.16 bits per heavy atom. The van der Waals surface area contributed by atoms with Gasteiger partial charge in [0.1, 0.15) is 17.9 Å². The molecule has 1 aromatic rings. The number of ether oxygens (including phenoxy) is 1. The first-order chi connectivity index (χ1) is 14.0. The van der Waals surface area contributed by atoms with E-state index in [9.17, 15) is 38.1 Å². The first-order valence-electron chi connectivity index (χ1n) is 7.70. The van der Waals surface area contributed by atoms with Crippen LogP contribution >= 0.6 is 23.5 Å². The van der Waals surface area contributed by atoms with Crippen molar-refractivity contribution in [1.82, 2.24) is 9.55 Å². The number of rotatable bonds is 9. The Hall–Kier alpha value is -1.52. The van der Waals surface area contributed by atoms with Crippen molar-refractivity contribution in [3.05, 3.63) is 32.6 Å². The Bertz CT molecular complexity index is 1100. The molecule has 7 N–H and O–H groups in total. The van der Waals surface area contributed by atoms with Gasteiger partial charge in [0.25, 0.3) is 5.56 Å². The number of H-pyrrole nitrogens is 1. The molecule has 21 heteroatoms. The van der Waals surface area contributed by atoms with Crippen molar-refractivity contribution >= 4 is 29.4 Å². The number of aromatic nitrogens is 2. The zero-order chi connectivity index (χ0) is 23.8. The summed E-state index contributed by atoms with van der Waals surface area (Å²) in [6.07, 6.45) is -3.97. The normalized spacial score (nSPS) is 25.6. The summed E-state index contributed by atoms with van der Waals surface area (Å²) in [5.41, 5.74) is -3.08. The molecule has 1 saturated heterocycles. The van der Waals surface area contributed by atoms with Gasteiger partial charge in [-0.1, -0.05) is 0 Å². The van der Waals surface area contributed by atoms with Crippen molar-refractivity contribution < 1.29 is 66.2 Å². The van der Waals surface area contributed by atoms with Crippen LogP contribution in [0.4, 0.5) is 0 Å². The summed E-state index contributed by atoms with van der Waals surface area (Å²) in [4.78, 5) is 71.4. The van der Waals surface area contributed by atoms with E-state index < -0.39 is 71.3 Å². The van der Waals surface area contributed by atoms with E-state index in [1.54, 1.807) is 4.98 Å². The van der Waals surface area contributed by atoms with Gasteiger partial charge in [-0.2, -0.15) is 8.62 Å². The molecule has 2 rings (SSSR count). The number of carboxylic acids is 1. The van der Waals surface area contributed by atoms with Gasteiger partial charge in [0.05, 0.1) is 12.7 Å². The Morgan fingerprint density at radius 2 is 1.77 bits per heavy atom.